The molecular weight excluding hydrogens is 270 g/mol. The molecule has 0 aliphatic carbocycles. The van der Waals surface area contributed by atoms with Crippen molar-refractivity contribution in [3.8, 4) is 0 Å². The van der Waals surface area contributed by atoms with Crippen LogP contribution in [0, 0.1) is 0 Å². The summed E-state index contributed by atoms with van der Waals surface area (Å²) in [5.74, 6) is -0.317. The Hall–Kier alpha value is -0.460. The summed E-state index contributed by atoms with van der Waals surface area (Å²) in [4.78, 5) is 3.76. The number of hydrogen-bond acceptors (Lipinski definition) is 4. The van der Waals surface area contributed by atoms with Crippen molar-refractivity contribution in [2.45, 2.75) is 18.1 Å². The van der Waals surface area contributed by atoms with Crippen LogP contribution in [-0.2, 0) is 9.84 Å². The minimum absolute atomic E-state index is 0.0269. The van der Waals surface area contributed by atoms with Gasteiger partial charge in [0.15, 0.2) is 14.9 Å². The van der Waals surface area contributed by atoms with E-state index in [1.807, 2.05) is 0 Å². The first-order chi connectivity index (χ1) is 6.43. The third-order valence-electron chi connectivity index (χ3n) is 1.48. The Balaban J connectivity index is 3.11. The molecule has 0 aliphatic heterocycles. The summed E-state index contributed by atoms with van der Waals surface area (Å²) < 4.78 is 23.6. The van der Waals surface area contributed by atoms with Gasteiger partial charge in [0.05, 0.1) is 16.3 Å². The van der Waals surface area contributed by atoms with E-state index in [1.54, 1.807) is 12.1 Å². The fraction of sp³-hybridized carbons (Fsp3) is 0.375. The molecule has 0 saturated carbocycles. The lowest BCUT2D eigenvalue weighted by molar-refractivity contribution is 0.218. The Morgan fingerprint density at radius 3 is 2.79 bits per heavy atom. The monoisotopic (exact) mass is 279 g/mol. The van der Waals surface area contributed by atoms with Gasteiger partial charge in [-0.2, -0.15) is 0 Å². The van der Waals surface area contributed by atoms with E-state index in [4.69, 9.17) is 5.11 Å². The van der Waals surface area contributed by atoms with Crippen LogP contribution in [0.25, 0.3) is 0 Å². The lowest BCUT2D eigenvalue weighted by Crippen LogP contribution is -2.19. The molecule has 14 heavy (non-hydrogen) atoms. The van der Waals surface area contributed by atoms with Crippen molar-refractivity contribution >= 4 is 25.8 Å². The van der Waals surface area contributed by atoms with E-state index in [1.165, 1.54) is 13.1 Å². The fourth-order valence-electron chi connectivity index (χ4n) is 0.997. The summed E-state index contributed by atoms with van der Waals surface area (Å²) in [5.41, 5.74) is 0. The first-order valence-corrected chi connectivity index (χ1v) is 6.39. The van der Waals surface area contributed by atoms with Crippen molar-refractivity contribution in [1.29, 1.82) is 0 Å². The number of aromatic nitrogens is 1. The quantitative estimate of drug-likeness (QED) is 0.897. The van der Waals surface area contributed by atoms with E-state index in [2.05, 4.69) is 20.9 Å². The van der Waals surface area contributed by atoms with Crippen LogP contribution in [0.2, 0.25) is 0 Å². The average Bonchev–Trinajstić information content (AvgIpc) is 2.02. The zero-order valence-corrected chi connectivity index (χ0v) is 9.92. The number of halogens is 1. The minimum atomic E-state index is -3.50. The van der Waals surface area contributed by atoms with Gasteiger partial charge >= 0.3 is 0 Å². The van der Waals surface area contributed by atoms with Gasteiger partial charge in [-0.1, -0.05) is 0 Å². The Morgan fingerprint density at radius 1 is 1.64 bits per heavy atom. The van der Waals surface area contributed by atoms with Crippen LogP contribution in [-0.4, -0.2) is 30.4 Å². The molecule has 0 aromatic carbocycles. The lowest BCUT2D eigenvalue weighted by Gasteiger charge is -2.06. The maximum atomic E-state index is 11.6. The van der Waals surface area contributed by atoms with Gasteiger partial charge in [0.1, 0.15) is 0 Å². The second-order valence-electron chi connectivity index (χ2n) is 2.92. The van der Waals surface area contributed by atoms with Crippen LogP contribution >= 0.6 is 15.9 Å². The predicted octanol–water partition coefficient (Wildman–Crippen LogP) is 0.999. The van der Waals surface area contributed by atoms with Crippen molar-refractivity contribution in [1.82, 2.24) is 4.98 Å². The van der Waals surface area contributed by atoms with Crippen molar-refractivity contribution in [2.24, 2.45) is 0 Å². The highest BCUT2D eigenvalue weighted by molar-refractivity contribution is 9.10. The molecule has 0 amide bonds. The summed E-state index contributed by atoms with van der Waals surface area (Å²) >= 11 is 3.10. The standard InChI is InChI=1S/C8H10BrNO3S/c1-6(11)5-14(12,13)8-7(9)3-2-4-10-8/h2-4,6,11H,5H2,1H3. The third kappa shape index (κ3) is 2.76. The van der Waals surface area contributed by atoms with Gasteiger partial charge in [-0.05, 0) is 35.0 Å². The largest absolute Gasteiger partial charge is 0.392 e. The number of aliphatic hydroxyl groups excluding tert-OH is 1. The summed E-state index contributed by atoms with van der Waals surface area (Å²) in [6.45, 7) is 1.42. The third-order valence-corrected chi connectivity index (χ3v) is 4.22. The Bertz CT molecular complexity index is 416. The molecule has 1 unspecified atom stereocenters. The highest BCUT2D eigenvalue weighted by Crippen LogP contribution is 2.20. The first-order valence-electron chi connectivity index (χ1n) is 3.95. The van der Waals surface area contributed by atoms with Crippen molar-refractivity contribution in [3.05, 3.63) is 22.8 Å². The van der Waals surface area contributed by atoms with E-state index in [0.717, 1.165) is 0 Å². The van der Waals surface area contributed by atoms with Crippen LogP contribution < -0.4 is 0 Å². The molecule has 1 rings (SSSR count). The molecule has 1 heterocycles. The van der Waals surface area contributed by atoms with Gasteiger partial charge in [0.2, 0.25) is 0 Å². The molecule has 1 atom stereocenters. The summed E-state index contributed by atoms with van der Waals surface area (Å²) in [7, 11) is -3.50. The van der Waals surface area contributed by atoms with Crippen molar-refractivity contribution < 1.29 is 13.5 Å². The molecule has 1 N–H and O–H groups in total. The molecule has 1 aromatic rings. The summed E-state index contributed by atoms with van der Waals surface area (Å²) in [6, 6.07) is 3.23. The Kier molecular flexibility index (Phi) is 3.63. The zero-order valence-electron chi connectivity index (χ0n) is 7.51. The van der Waals surface area contributed by atoms with E-state index in [9.17, 15) is 8.42 Å². The predicted molar refractivity (Wildman–Crippen MR) is 55.7 cm³/mol. The minimum Gasteiger partial charge on any atom is -0.392 e. The highest BCUT2D eigenvalue weighted by atomic mass is 79.9. The SMILES string of the molecule is CC(O)CS(=O)(=O)c1ncccc1Br. The second-order valence-corrected chi connectivity index (χ2v) is 5.72. The number of aliphatic hydroxyl groups is 1. The molecule has 0 spiro atoms. The van der Waals surface area contributed by atoms with Crippen molar-refractivity contribution in [2.75, 3.05) is 5.75 Å². The van der Waals surface area contributed by atoms with Gasteiger partial charge < -0.3 is 5.11 Å². The molecule has 0 radical (unpaired) electrons. The maximum absolute atomic E-state index is 11.6. The van der Waals surface area contributed by atoms with Crippen LogP contribution in [0.15, 0.2) is 27.8 Å². The van der Waals surface area contributed by atoms with E-state index in [0.29, 0.717) is 4.47 Å². The molecule has 78 valence electrons. The van der Waals surface area contributed by atoms with Crippen LogP contribution in [0.3, 0.4) is 0 Å². The number of rotatable bonds is 3. The molecule has 1 aromatic heterocycles. The number of hydrogen-bond donors (Lipinski definition) is 1. The van der Waals surface area contributed by atoms with Gasteiger partial charge in [-0.15, -0.1) is 0 Å². The molecule has 6 heteroatoms. The normalized spacial score (nSPS) is 13.9. The molecule has 0 fully saturated rings. The van der Waals surface area contributed by atoms with Crippen molar-refractivity contribution in [3.63, 3.8) is 0 Å². The summed E-state index contributed by atoms with van der Waals surface area (Å²) in [6.07, 6.45) is 0.508. The number of sulfone groups is 1. The van der Waals surface area contributed by atoms with Crippen LogP contribution in [0.5, 0.6) is 0 Å². The van der Waals surface area contributed by atoms with E-state index in [-0.39, 0.29) is 10.8 Å². The van der Waals surface area contributed by atoms with Gasteiger partial charge in [0, 0.05) is 6.20 Å². The van der Waals surface area contributed by atoms with Crippen LogP contribution in [0.4, 0.5) is 0 Å². The number of nitrogens with zero attached hydrogens (tertiary/aromatic N) is 1. The molecular formula is C8H10BrNO3S. The molecule has 0 bridgehead atoms. The Morgan fingerprint density at radius 2 is 2.29 bits per heavy atom. The topological polar surface area (TPSA) is 67.3 Å². The van der Waals surface area contributed by atoms with Crippen LogP contribution in [0.1, 0.15) is 6.92 Å². The maximum Gasteiger partial charge on any atom is 0.199 e. The van der Waals surface area contributed by atoms with Gasteiger partial charge in [-0.25, -0.2) is 13.4 Å². The zero-order chi connectivity index (χ0) is 10.8. The average molecular weight is 280 g/mol. The highest BCUT2D eigenvalue weighted by Gasteiger charge is 2.21. The second kappa shape index (κ2) is 4.37. The lowest BCUT2D eigenvalue weighted by atomic mass is 10.5. The number of pyridine rings is 1. The molecule has 0 aliphatic rings. The molecule has 0 saturated heterocycles. The van der Waals surface area contributed by atoms with Gasteiger partial charge in [-0.3, -0.25) is 0 Å². The van der Waals surface area contributed by atoms with Gasteiger partial charge in [0.25, 0.3) is 0 Å². The fourth-order valence-corrected chi connectivity index (χ4v) is 3.37. The smallest absolute Gasteiger partial charge is 0.199 e. The van der Waals surface area contributed by atoms with E-state index < -0.39 is 15.9 Å². The van der Waals surface area contributed by atoms with E-state index >= 15 is 0 Å². The Labute approximate surface area is 91.0 Å². The molecule has 4 nitrogen and oxygen atoms in total. The first kappa shape index (κ1) is 11.6. The summed E-state index contributed by atoms with van der Waals surface area (Å²) in [5, 5.41) is 8.99.